The van der Waals surface area contributed by atoms with Crippen LogP contribution in [0, 0.1) is 0 Å². The Morgan fingerprint density at radius 3 is 2.77 bits per heavy atom. The van der Waals surface area contributed by atoms with Gasteiger partial charge in [0.2, 0.25) is 5.91 Å². The molecule has 1 unspecified atom stereocenters. The summed E-state index contributed by atoms with van der Waals surface area (Å²) in [5, 5.41) is 28.2. The first-order chi connectivity index (χ1) is 14.4. The first-order valence-corrected chi connectivity index (χ1v) is 11.6. The molecule has 30 heavy (non-hydrogen) atoms. The van der Waals surface area contributed by atoms with Gasteiger partial charge >= 0.3 is 11.9 Å². The minimum absolute atomic E-state index is 0.117. The predicted molar refractivity (Wildman–Crippen MR) is 116 cm³/mol. The van der Waals surface area contributed by atoms with Crippen LogP contribution in [0.1, 0.15) is 60.9 Å². The summed E-state index contributed by atoms with van der Waals surface area (Å²) in [6, 6.07) is 6.73. The van der Waals surface area contributed by atoms with Crippen molar-refractivity contribution in [3.05, 3.63) is 35.4 Å². The highest BCUT2D eigenvalue weighted by Crippen LogP contribution is 2.24. The van der Waals surface area contributed by atoms with Crippen LogP contribution in [0.2, 0.25) is 0 Å². The lowest BCUT2D eigenvalue weighted by Crippen LogP contribution is -2.45. The van der Waals surface area contributed by atoms with Gasteiger partial charge in [0.1, 0.15) is 0 Å². The van der Waals surface area contributed by atoms with E-state index in [-0.39, 0.29) is 23.9 Å². The molecule has 1 aromatic carbocycles. The first kappa shape index (κ1) is 24.2. The molecule has 0 bridgehead atoms. The van der Waals surface area contributed by atoms with Gasteiger partial charge in [0.25, 0.3) is 0 Å². The van der Waals surface area contributed by atoms with Gasteiger partial charge in [-0.05, 0) is 62.0 Å². The zero-order chi connectivity index (χ0) is 21.9. The zero-order valence-corrected chi connectivity index (χ0v) is 18.0. The molecule has 7 nitrogen and oxygen atoms in total. The van der Waals surface area contributed by atoms with Crippen molar-refractivity contribution >= 4 is 29.6 Å². The van der Waals surface area contributed by atoms with E-state index in [2.05, 4.69) is 0 Å². The Bertz CT molecular complexity index is 725. The fourth-order valence-corrected chi connectivity index (χ4v) is 4.66. The van der Waals surface area contributed by atoms with Crippen LogP contribution >= 0.6 is 11.8 Å². The van der Waals surface area contributed by atoms with Crippen LogP contribution < -0.4 is 0 Å². The summed E-state index contributed by atoms with van der Waals surface area (Å²) in [6.07, 6.45) is 4.23. The monoisotopic (exact) mass is 437 g/mol. The van der Waals surface area contributed by atoms with Crippen LogP contribution in [0.3, 0.4) is 0 Å². The van der Waals surface area contributed by atoms with Crippen molar-refractivity contribution in [2.24, 2.45) is 0 Å². The van der Waals surface area contributed by atoms with Crippen LogP contribution in [-0.2, 0) is 16.0 Å². The zero-order valence-electron chi connectivity index (χ0n) is 17.2. The van der Waals surface area contributed by atoms with E-state index < -0.39 is 18.0 Å². The Balaban J connectivity index is 1.78. The third-order valence-corrected chi connectivity index (χ3v) is 6.37. The van der Waals surface area contributed by atoms with E-state index in [1.54, 1.807) is 23.9 Å². The molecule has 1 amide bonds. The normalized spacial score (nSPS) is 17.7. The molecule has 0 aliphatic carbocycles. The number of likely N-dealkylation sites (tertiary alicyclic amines) is 1. The molecule has 1 heterocycles. The molecule has 166 valence electrons. The van der Waals surface area contributed by atoms with Crippen molar-refractivity contribution in [3.63, 3.8) is 0 Å². The van der Waals surface area contributed by atoms with Crippen LogP contribution in [0.4, 0.5) is 0 Å². The largest absolute Gasteiger partial charge is 0.481 e. The molecule has 1 saturated heterocycles. The number of aliphatic hydroxyl groups excluding tert-OH is 1. The topological polar surface area (TPSA) is 115 Å². The standard InChI is InChI=1S/C22H31NO6S/c24-19(15-16-4-1-5-17(14-16)22(28)29)10-9-18-6-2-7-20(25)23(18)11-13-30-12-3-8-21(26)27/h1,4-5,14,18-19,24H,2-3,6-13,15H2,(H,26,27)(H,28,29)/t18-,19?/m1/s1. The molecule has 8 heteroatoms. The predicted octanol–water partition coefficient (Wildman–Crippen LogP) is 3.05. The van der Waals surface area contributed by atoms with Crippen LogP contribution in [0.5, 0.6) is 0 Å². The molecule has 2 atom stereocenters. The number of aliphatic hydroxyl groups is 1. The Hall–Kier alpha value is -2.06. The molecule has 3 N–H and O–H groups in total. The van der Waals surface area contributed by atoms with Crippen molar-refractivity contribution in [2.75, 3.05) is 18.1 Å². The minimum Gasteiger partial charge on any atom is -0.481 e. The molecule has 1 aromatic rings. The van der Waals surface area contributed by atoms with E-state index >= 15 is 0 Å². The van der Waals surface area contributed by atoms with Gasteiger partial charge in [-0.1, -0.05) is 12.1 Å². The number of benzene rings is 1. The highest BCUT2D eigenvalue weighted by atomic mass is 32.2. The minimum atomic E-state index is -0.983. The number of thioether (sulfide) groups is 1. The van der Waals surface area contributed by atoms with Crippen molar-refractivity contribution in [3.8, 4) is 0 Å². The number of nitrogens with zero attached hydrogens (tertiary/aromatic N) is 1. The van der Waals surface area contributed by atoms with E-state index in [1.165, 1.54) is 6.07 Å². The van der Waals surface area contributed by atoms with Gasteiger partial charge in [0.15, 0.2) is 0 Å². The van der Waals surface area contributed by atoms with E-state index in [0.29, 0.717) is 32.2 Å². The summed E-state index contributed by atoms with van der Waals surface area (Å²) in [7, 11) is 0. The molecule has 0 radical (unpaired) electrons. The molecule has 0 spiro atoms. The van der Waals surface area contributed by atoms with Gasteiger partial charge in [-0.15, -0.1) is 0 Å². The van der Waals surface area contributed by atoms with E-state index in [1.807, 2.05) is 11.0 Å². The molecular formula is C22H31NO6S. The van der Waals surface area contributed by atoms with E-state index in [0.717, 1.165) is 36.3 Å². The molecular weight excluding hydrogens is 406 g/mol. The van der Waals surface area contributed by atoms with Crippen molar-refractivity contribution in [1.29, 1.82) is 0 Å². The molecule has 0 saturated carbocycles. The van der Waals surface area contributed by atoms with Crippen molar-refractivity contribution in [2.45, 2.75) is 63.5 Å². The Morgan fingerprint density at radius 2 is 2.03 bits per heavy atom. The number of hydrogen-bond acceptors (Lipinski definition) is 5. The third kappa shape index (κ3) is 8.36. The molecule has 2 rings (SSSR count). The third-order valence-electron chi connectivity index (χ3n) is 5.32. The number of amides is 1. The smallest absolute Gasteiger partial charge is 0.335 e. The van der Waals surface area contributed by atoms with Crippen molar-refractivity contribution in [1.82, 2.24) is 4.90 Å². The molecule has 1 aliphatic heterocycles. The highest BCUT2D eigenvalue weighted by molar-refractivity contribution is 7.99. The molecule has 1 fully saturated rings. The highest BCUT2D eigenvalue weighted by Gasteiger charge is 2.27. The maximum Gasteiger partial charge on any atom is 0.335 e. The van der Waals surface area contributed by atoms with Gasteiger partial charge in [0, 0.05) is 31.2 Å². The van der Waals surface area contributed by atoms with Crippen molar-refractivity contribution < 1.29 is 29.7 Å². The lowest BCUT2D eigenvalue weighted by Gasteiger charge is -2.36. The van der Waals surface area contributed by atoms with Gasteiger partial charge < -0.3 is 20.2 Å². The number of piperidine rings is 1. The summed E-state index contributed by atoms with van der Waals surface area (Å²) >= 11 is 1.67. The summed E-state index contributed by atoms with van der Waals surface area (Å²) in [5.74, 6) is -0.0563. The number of carboxylic acid groups (broad SMARTS) is 2. The van der Waals surface area contributed by atoms with Gasteiger partial charge in [-0.25, -0.2) is 4.79 Å². The van der Waals surface area contributed by atoms with Crippen LogP contribution in [0.25, 0.3) is 0 Å². The number of carbonyl (C=O) groups excluding carboxylic acids is 1. The second-order valence-corrected chi connectivity index (χ2v) is 8.91. The quantitative estimate of drug-likeness (QED) is 0.406. The Morgan fingerprint density at radius 1 is 1.23 bits per heavy atom. The molecule has 1 aliphatic rings. The lowest BCUT2D eigenvalue weighted by molar-refractivity contribution is -0.137. The fraction of sp³-hybridized carbons (Fsp3) is 0.591. The van der Waals surface area contributed by atoms with Gasteiger partial charge in [0.05, 0.1) is 11.7 Å². The van der Waals surface area contributed by atoms with E-state index in [4.69, 9.17) is 10.2 Å². The summed E-state index contributed by atoms with van der Waals surface area (Å²) < 4.78 is 0. The average molecular weight is 438 g/mol. The maximum absolute atomic E-state index is 12.4. The number of carbonyl (C=O) groups is 3. The lowest BCUT2D eigenvalue weighted by atomic mass is 9.94. The Labute approximate surface area is 181 Å². The summed E-state index contributed by atoms with van der Waals surface area (Å²) in [6.45, 7) is 0.651. The maximum atomic E-state index is 12.4. The van der Waals surface area contributed by atoms with Gasteiger partial charge in [-0.3, -0.25) is 9.59 Å². The van der Waals surface area contributed by atoms with Crippen LogP contribution in [0.15, 0.2) is 24.3 Å². The summed E-state index contributed by atoms with van der Waals surface area (Å²) in [4.78, 5) is 35.9. The second-order valence-electron chi connectivity index (χ2n) is 7.68. The Kier molecular flexibility index (Phi) is 10.2. The average Bonchev–Trinajstić information content (AvgIpc) is 2.70. The summed E-state index contributed by atoms with van der Waals surface area (Å²) in [5.41, 5.74) is 1.00. The fourth-order valence-electron chi connectivity index (χ4n) is 3.78. The van der Waals surface area contributed by atoms with Gasteiger partial charge in [-0.2, -0.15) is 11.8 Å². The number of rotatable bonds is 13. The second kappa shape index (κ2) is 12.6. The number of carboxylic acids is 2. The number of hydrogen-bond donors (Lipinski definition) is 3. The number of aliphatic carboxylic acids is 1. The van der Waals surface area contributed by atoms with Crippen LogP contribution in [-0.4, -0.2) is 68.3 Å². The molecule has 0 aromatic heterocycles. The van der Waals surface area contributed by atoms with E-state index in [9.17, 15) is 19.5 Å². The number of aromatic carboxylic acids is 1. The SMILES string of the molecule is O=C(O)CCCSCCN1C(=O)CCC[C@@H]1CCC(O)Cc1cccc(C(=O)O)c1. The first-order valence-electron chi connectivity index (χ1n) is 10.5.